The highest BCUT2D eigenvalue weighted by Crippen LogP contribution is 2.23. The molecule has 0 spiro atoms. The first-order valence-corrected chi connectivity index (χ1v) is 14.2. The van der Waals surface area contributed by atoms with E-state index >= 15 is 0 Å². The first-order chi connectivity index (χ1) is 20.4. The van der Waals surface area contributed by atoms with Crippen LogP contribution in [0.5, 0.6) is 0 Å². The van der Waals surface area contributed by atoms with Gasteiger partial charge in [-0.1, -0.05) is 72.8 Å². The van der Waals surface area contributed by atoms with Gasteiger partial charge in [-0.05, 0) is 55.8 Å². The number of hydrogen-bond donors (Lipinski definition) is 1. The Morgan fingerprint density at radius 2 is 1.05 bits per heavy atom. The van der Waals surface area contributed by atoms with Crippen molar-refractivity contribution in [2.75, 3.05) is 13.1 Å². The molecule has 0 saturated carbocycles. The summed E-state index contributed by atoms with van der Waals surface area (Å²) < 4.78 is 3.99. The number of nitrogens with zero attached hydrogens (tertiary/aromatic N) is 5. The lowest BCUT2D eigenvalue weighted by Crippen LogP contribution is -2.32. The largest absolute Gasteiger partial charge is 0.330 e. The minimum absolute atomic E-state index is 0.212. The summed E-state index contributed by atoms with van der Waals surface area (Å²) in [4.78, 5) is 26.3. The summed E-state index contributed by atoms with van der Waals surface area (Å²) in [5.41, 5.74) is 13.2. The van der Waals surface area contributed by atoms with Gasteiger partial charge in [0, 0.05) is 30.8 Å². The Kier molecular flexibility index (Phi) is 9.04. The second-order valence-corrected chi connectivity index (χ2v) is 10.4. The molecule has 0 aliphatic carbocycles. The van der Waals surface area contributed by atoms with Crippen molar-refractivity contribution in [2.24, 2.45) is 5.73 Å². The third kappa shape index (κ3) is 6.72. The van der Waals surface area contributed by atoms with E-state index < -0.39 is 0 Å². The molecular weight excluding hydrogens is 524 g/mol. The number of aromatic nitrogens is 4. The molecule has 3 aromatic carbocycles. The Balaban J connectivity index is 0.000000189. The highest BCUT2D eigenvalue weighted by Gasteiger charge is 2.34. The maximum atomic E-state index is 12.5. The molecule has 0 unspecified atom stereocenters. The van der Waals surface area contributed by atoms with Crippen LogP contribution in [0.1, 0.15) is 54.6 Å². The SMILES string of the molecule is Cc1cc(CCN)n(Cc2ccccc2)n1.Cc1cc(CCN2C(=O)c3ccccc3C2=O)n(Cc2ccccc2)n1. The highest BCUT2D eigenvalue weighted by atomic mass is 16.2. The van der Waals surface area contributed by atoms with Crippen LogP contribution in [0.15, 0.2) is 97.1 Å². The molecule has 0 saturated heterocycles. The van der Waals surface area contributed by atoms with Crippen molar-refractivity contribution in [3.05, 3.63) is 142 Å². The molecule has 0 fully saturated rings. The number of amides is 2. The predicted octanol–water partition coefficient (Wildman–Crippen LogP) is 4.82. The molecule has 214 valence electrons. The van der Waals surface area contributed by atoms with Crippen molar-refractivity contribution in [1.82, 2.24) is 24.5 Å². The average Bonchev–Trinajstić information content (AvgIpc) is 3.61. The molecule has 6 rings (SSSR count). The van der Waals surface area contributed by atoms with Crippen molar-refractivity contribution in [1.29, 1.82) is 0 Å². The normalized spacial score (nSPS) is 12.3. The molecule has 0 atom stereocenters. The van der Waals surface area contributed by atoms with Crippen molar-refractivity contribution in [3.8, 4) is 0 Å². The highest BCUT2D eigenvalue weighted by molar-refractivity contribution is 6.21. The van der Waals surface area contributed by atoms with Gasteiger partial charge >= 0.3 is 0 Å². The standard InChI is InChI=1S/C21H19N3O2.C13H17N3/c1-15-13-17(24(22-15)14-16-7-3-2-4-8-16)11-12-23-20(25)18-9-5-6-10-19(18)21(23)26;1-11-9-13(7-8-14)16(15-11)10-12-5-3-2-4-6-12/h2-10,13H,11-12,14H2,1H3;2-6,9H,7-8,10,14H2,1H3. The van der Waals surface area contributed by atoms with E-state index in [1.807, 2.05) is 65.7 Å². The van der Waals surface area contributed by atoms with Crippen LogP contribution in [0.2, 0.25) is 0 Å². The van der Waals surface area contributed by atoms with Gasteiger partial charge in [0.05, 0.1) is 35.6 Å². The van der Waals surface area contributed by atoms with Gasteiger partial charge < -0.3 is 5.73 Å². The van der Waals surface area contributed by atoms with E-state index in [1.54, 1.807) is 24.3 Å². The molecule has 3 heterocycles. The Labute approximate surface area is 246 Å². The summed E-state index contributed by atoms with van der Waals surface area (Å²) >= 11 is 0. The molecule has 2 amide bonds. The fourth-order valence-corrected chi connectivity index (χ4v) is 5.20. The number of benzene rings is 3. The second kappa shape index (κ2) is 13.2. The molecule has 1 aliphatic rings. The first-order valence-electron chi connectivity index (χ1n) is 14.2. The molecule has 8 heteroatoms. The van der Waals surface area contributed by atoms with E-state index in [1.165, 1.54) is 16.2 Å². The number of rotatable bonds is 9. The van der Waals surface area contributed by atoms with Crippen molar-refractivity contribution >= 4 is 11.8 Å². The summed E-state index contributed by atoms with van der Waals surface area (Å²) in [5.74, 6) is -0.423. The second-order valence-electron chi connectivity index (χ2n) is 10.4. The zero-order valence-corrected chi connectivity index (χ0v) is 24.1. The lowest BCUT2D eigenvalue weighted by atomic mass is 10.1. The first kappa shape index (κ1) is 28.7. The maximum absolute atomic E-state index is 12.5. The van der Waals surface area contributed by atoms with Crippen LogP contribution in [0.25, 0.3) is 0 Å². The quantitative estimate of drug-likeness (QED) is 0.261. The number of nitrogens with two attached hydrogens (primary N) is 1. The predicted molar refractivity (Wildman–Crippen MR) is 163 cm³/mol. The molecular formula is C34H36N6O2. The van der Waals surface area contributed by atoms with E-state index in [0.717, 1.165) is 35.6 Å². The monoisotopic (exact) mass is 560 g/mol. The lowest BCUT2D eigenvalue weighted by Gasteiger charge is -2.14. The van der Waals surface area contributed by atoms with E-state index in [-0.39, 0.29) is 11.8 Å². The molecule has 2 aromatic heterocycles. The van der Waals surface area contributed by atoms with Gasteiger partial charge in [0.2, 0.25) is 0 Å². The maximum Gasteiger partial charge on any atom is 0.261 e. The molecule has 2 N–H and O–H groups in total. The van der Waals surface area contributed by atoms with Crippen LogP contribution in [0.3, 0.4) is 0 Å². The van der Waals surface area contributed by atoms with Crippen LogP contribution in [0, 0.1) is 13.8 Å². The lowest BCUT2D eigenvalue weighted by molar-refractivity contribution is 0.0655. The van der Waals surface area contributed by atoms with Crippen molar-refractivity contribution in [3.63, 3.8) is 0 Å². The number of hydrogen-bond acceptors (Lipinski definition) is 5. The summed E-state index contributed by atoms with van der Waals surface area (Å²) in [7, 11) is 0. The number of carbonyl (C=O) groups excluding carboxylic acids is 2. The number of carbonyl (C=O) groups is 2. The third-order valence-corrected chi connectivity index (χ3v) is 7.19. The zero-order valence-electron chi connectivity index (χ0n) is 24.1. The van der Waals surface area contributed by atoms with Gasteiger partial charge in [-0.25, -0.2) is 0 Å². The minimum atomic E-state index is -0.212. The Morgan fingerprint density at radius 3 is 1.50 bits per heavy atom. The van der Waals surface area contributed by atoms with E-state index in [0.29, 0.717) is 37.2 Å². The summed E-state index contributed by atoms with van der Waals surface area (Å²) in [5, 5.41) is 9.04. The van der Waals surface area contributed by atoms with E-state index in [9.17, 15) is 9.59 Å². The van der Waals surface area contributed by atoms with Gasteiger partial charge in [-0.15, -0.1) is 0 Å². The molecule has 8 nitrogen and oxygen atoms in total. The minimum Gasteiger partial charge on any atom is -0.330 e. The summed E-state index contributed by atoms with van der Waals surface area (Å²) in [6.07, 6.45) is 1.47. The third-order valence-electron chi connectivity index (χ3n) is 7.19. The molecule has 0 bridgehead atoms. The van der Waals surface area contributed by atoms with Gasteiger partial charge in [0.1, 0.15) is 0 Å². The summed E-state index contributed by atoms with van der Waals surface area (Å²) in [6, 6.07) is 31.6. The van der Waals surface area contributed by atoms with Gasteiger partial charge in [-0.2, -0.15) is 10.2 Å². The zero-order chi connectivity index (χ0) is 29.5. The van der Waals surface area contributed by atoms with E-state index in [2.05, 4.69) is 40.5 Å². The van der Waals surface area contributed by atoms with Crippen LogP contribution in [-0.4, -0.2) is 49.4 Å². The fourth-order valence-electron chi connectivity index (χ4n) is 5.20. The van der Waals surface area contributed by atoms with Crippen LogP contribution in [0.4, 0.5) is 0 Å². The van der Waals surface area contributed by atoms with E-state index in [4.69, 9.17) is 5.73 Å². The molecule has 0 radical (unpaired) electrons. The Hall–Kier alpha value is -4.82. The van der Waals surface area contributed by atoms with Crippen molar-refractivity contribution in [2.45, 2.75) is 39.8 Å². The van der Waals surface area contributed by atoms with Gasteiger partial charge in [0.25, 0.3) is 11.8 Å². The van der Waals surface area contributed by atoms with Crippen molar-refractivity contribution < 1.29 is 9.59 Å². The van der Waals surface area contributed by atoms with Crippen LogP contribution in [-0.2, 0) is 25.9 Å². The average molecular weight is 561 g/mol. The molecule has 1 aliphatic heterocycles. The smallest absolute Gasteiger partial charge is 0.261 e. The van der Waals surface area contributed by atoms with Gasteiger partial charge in [-0.3, -0.25) is 23.9 Å². The molecule has 42 heavy (non-hydrogen) atoms. The van der Waals surface area contributed by atoms with Crippen LogP contribution >= 0.6 is 0 Å². The Bertz CT molecular complexity index is 1620. The fraction of sp³-hybridized carbons (Fsp3) is 0.235. The number of aryl methyl sites for hydroxylation is 2. The number of fused-ring (bicyclic) bond motifs is 1. The van der Waals surface area contributed by atoms with Crippen LogP contribution < -0.4 is 5.73 Å². The van der Waals surface area contributed by atoms with Gasteiger partial charge in [0.15, 0.2) is 0 Å². The Morgan fingerprint density at radius 1 is 0.619 bits per heavy atom. The summed E-state index contributed by atoms with van der Waals surface area (Å²) in [6.45, 7) is 6.48. The topological polar surface area (TPSA) is 99.0 Å². The number of imide groups is 1. The molecule has 5 aromatic rings.